The summed E-state index contributed by atoms with van der Waals surface area (Å²) in [5.74, 6) is 1.13. The van der Waals surface area contributed by atoms with Crippen molar-refractivity contribution in [2.24, 2.45) is 0 Å². The molecule has 0 unspecified atom stereocenters. The van der Waals surface area contributed by atoms with E-state index >= 15 is 0 Å². The van der Waals surface area contributed by atoms with Crippen molar-refractivity contribution in [1.29, 1.82) is 0 Å². The lowest BCUT2D eigenvalue weighted by Gasteiger charge is -2.20. The number of benzene rings is 2. The molecule has 5 heteroatoms. The van der Waals surface area contributed by atoms with Crippen LogP contribution in [0.4, 0.5) is 0 Å². The van der Waals surface area contributed by atoms with Crippen LogP contribution in [0.1, 0.15) is 68.8 Å². The molecule has 34 heavy (non-hydrogen) atoms. The van der Waals surface area contributed by atoms with Crippen LogP contribution in [0.25, 0.3) is 22.2 Å². The van der Waals surface area contributed by atoms with Crippen molar-refractivity contribution in [1.82, 2.24) is 15.2 Å². The summed E-state index contributed by atoms with van der Waals surface area (Å²) < 4.78 is 5.29. The molecule has 0 aliphatic rings. The number of pyridine rings is 1. The molecule has 0 bridgehead atoms. The first-order valence-corrected chi connectivity index (χ1v) is 12.6. The number of rotatable bonds is 12. The van der Waals surface area contributed by atoms with Crippen molar-refractivity contribution in [2.75, 3.05) is 33.3 Å². The van der Waals surface area contributed by atoms with Gasteiger partial charge < -0.3 is 15.0 Å². The van der Waals surface area contributed by atoms with Gasteiger partial charge in [0.2, 0.25) is 0 Å². The van der Waals surface area contributed by atoms with Crippen LogP contribution in [0, 0.1) is 0 Å². The van der Waals surface area contributed by atoms with Crippen molar-refractivity contribution in [3.63, 3.8) is 0 Å². The number of aromatic nitrogens is 1. The van der Waals surface area contributed by atoms with Crippen LogP contribution in [-0.4, -0.2) is 49.1 Å². The highest BCUT2D eigenvalue weighted by atomic mass is 16.5. The smallest absolute Gasteiger partial charge is 0.252 e. The van der Waals surface area contributed by atoms with E-state index in [0.717, 1.165) is 54.0 Å². The summed E-state index contributed by atoms with van der Waals surface area (Å²) >= 11 is 0. The van der Waals surface area contributed by atoms with E-state index in [2.05, 4.69) is 50.0 Å². The molecular formula is C29H39N3O2. The standard InChI is InChI=1S/C29H39N3O2/c1-6-8-17-32(7-2)18-9-16-30-29(33)26-20-28(22-10-13-24(34-5)14-11-22)31-27-15-12-23(21(3)4)19-25(26)27/h10-15,19-21H,6-9,16-18H2,1-5H3,(H,30,33). The van der Waals surface area contributed by atoms with Gasteiger partial charge in [0.25, 0.3) is 5.91 Å². The largest absolute Gasteiger partial charge is 0.497 e. The molecule has 3 aromatic rings. The molecule has 1 amide bonds. The molecule has 0 atom stereocenters. The van der Waals surface area contributed by atoms with Crippen LogP contribution < -0.4 is 10.1 Å². The molecule has 182 valence electrons. The van der Waals surface area contributed by atoms with Crippen LogP contribution in [0.2, 0.25) is 0 Å². The van der Waals surface area contributed by atoms with Crippen molar-refractivity contribution >= 4 is 16.8 Å². The zero-order chi connectivity index (χ0) is 24.5. The van der Waals surface area contributed by atoms with Gasteiger partial charge in [0.1, 0.15) is 5.75 Å². The van der Waals surface area contributed by atoms with E-state index in [1.54, 1.807) is 7.11 Å². The van der Waals surface area contributed by atoms with Gasteiger partial charge in [-0.05, 0) is 86.4 Å². The number of amides is 1. The quantitative estimate of drug-likeness (QED) is 0.323. The Kier molecular flexibility index (Phi) is 9.46. The molecule has 2 aromatic carbocycles. The Hall–Kier alpha value is -2.92. The Bertz CT molecular complexity index is 1080. The van der Waals surface area contributed by atoms with Gasteiger partial charge in [-0.15, -0.1) is 0 Å². The van der Waals surface area contributed by atoms with Gasteiger partial charge in [-0.1, -0.05) is 40.2 Å². The molecule has 0 aliphatic carbocycles. The maximum atomic E-state index is 13.3. The Morgan fingerprint density at radius 2 is 1.76 bits per heavy atom. The average Bonchev–Trinajstić information content (AvgIpc) is 2.87. The van der Waals surface area contributed by atoms with E-state index < -0.39 is 0 Å². The summed E-state index contributed by atoms with van der Waals surface area (Å²) in [6.45, 7) is 12.6. The molecule has 0 fully saturated rings. The Balaban J connectivity index is 1.85. The van der Waals surface area contributed by atoms with Gasteiger partial charge in [-0.3, -0.25) is 4.79 Å². The Labute approximate surface area is 204 Å². The number of carbonyl (C=O) groups is 1. The van der Waals surface area contributed by atoms with E-state index in [1.165, 1.54) is 18.4 Å². The summed E-state index contributed by atoms with van der Waals surface area (Å²) in [7, 11) is 1.65. The van der Waals surface area contributed by atoms with Gasteiger partial charge in [-0.25, -0.2) is 4.98 Å². The maximum absolute atomic E-state index is 13.3. The minimum Gasteiger partial charge on any atom is -0.497 e. The fraction of sp³-hybridized carbons (Fsp3) is 0.448. The number of hydrogen-bond donors (Lipinski definition) is 1. The lowest BCUT2D eigenvalue weighted by atomic mass is 9.97. The molecule has 0 aliphatic heterocycles. The van der Waals surface area contributed by atoms with E-state index in [4.69, 9.17) is 9.72 Å². The third-order valence-electron chi connectivity index (χ3n) is 6.34. The minimum atomic E-state index is -0.0420. The molecule has 0 saturated heterocycles. The van der Waals surface area contributed by atoms with E-state index in [0.29, 0.717) is 18.0 Å². The Morgan fingerprint density at radius 3 is 2.41 bits per heavy atom. The first-order chi connectivity index (χ1) is 16.5. The predicted octanol–water partition coefficient (Wildman–Crippen LogP) is 6.28. The fourth-order valence-corrected chi connectivity index (χ4v) is 4.11. The van der Waals surface area contributed by atoms with Crippen LogP contribution >= 0.6 is 0 Å². The van der Waals surface area contributed by atoms with Crippen molar-refractivity contribution in [2.45, 2.75) is 52.9 Å². The predicted molar refractivity (Wildman–Crippen MR) is 142 cm³/mol. The van der Waals surface area contributed by atoms with Crippen molar-refractivity contribution in [3.05, 3.63) is 59.7 Å². The molecule has 1 heterocycles. The van der Waals surface area contributed by atoms with Gasteiger partial charge in [-0.2, -0.15) is 0 Å². The van der Waals surface area contributed by atoms with E-state index in [9.17, 15) is 4.79 Å². The number of methoxy groups -OCH3 is 1. The van der Waals surface area contributed by atoms with Gasteiger partial charge >= 0.3 is 0 Å². The van der Waals surface area contributed by atoms with E-state index in [-0.39, 0.29) is 5.91 Å². The minimum absolute atomic E-state index is 0.0420. The fourth-order valence-electron chi connectivity index (χ4n) is 4.11. The zero-order valence-electron chi connectivity index (χ0n) is 21.4. The monoisotopic (exact) mass is 461 g/mol. The normalized spacial score (nSPS) is 11.4. The average molecular weight is 462 g/mol. The summed E-state index contributed by atoms with van der Waals surface area (Å²) in [5.41, 5.74) is 4.46. The lowest BCUT2D eigenvalue weighted by Crippen LogP contribution is -2.30. The first-order valence-electron chi connectivity index (χ1n) is 12.6. The zero-order valence-corrected chi connectivity index (χ0v) is 21.4. The Morgan fingerprint density at radius 1 is 1.03 bits per heavy atom. The highest BCUT2D eigenvalue weighted by molar-refractivity contribution is 6.07. The molecular weight excluding hydrogens is 422 g/mol. The third-order valence-corrected chi connectivity index (χ3v) is 6.34. The third kappa shape index (κ3) is 6.57. The second kappa shape index (κ2) is 12.5. The number of ether oxygens (including phenoxy) is 1. The summed E-state index contributed by atoms with van der Waals surface area (Å²) in [6.07, 6.45) is 3.36. The maximum Gasteiger partial charge on any atom is 0.252 e. The summed E-state index contributed by atoms with van der Waals surface area (Å²) in [4.78, 5) is 20.7. The molecule has 0 spiro atoms. The van der Waals surface area contributed by atoms with Crippen molar-refractivity contribution in [3.8, 4) is 17.0 Å². The highest BCUT2D eigenvalue weighted by Crippen LogP contribution is 2.28. The van der Waals surface area contributed by atoms with Crippen LogP contribution in [0.3, 0.4) is 0 Å². The second-order valence-electron chi connectivity index (χ2n) is 9.11. The summed E-state index contributed by atoms with van der Waals surface area (Å²) in [5, 5.41) is 4.06. The lowest BCUT2D eigenvalue weighted by molar-refractivity contribution is 0.0953. The van der Waals surface area contributed by atoms with Gasteiger partial charge in [0.15, 0.2) is 0 Å². The SMILES string of the molecule is CCCCN(CC)CCCNC(=O)c1cc(-c2ccc(OC)cc2)nc2ccc(C(C)C)cc12. The molecule has 5 nitrogen and oxygen atoms in total. The van der Waals surface area contributed by atoms with E-state index in [1.807, 2.05) is 36.4 Å². The molecule has 0 saturated carbocycles. The second-order valence-corrected chi connectivity index (χ2v) is 9.11. The topological polar surface area (TPSA) is 54.5 Å². The number of carbonyl (C=O) groups excluding carboxylic acids is 1. The van der Waals surface area contributed by atoms with Gasteiger partial charge in [0, 0.05) is 17.5 Å². The molecule has 0 radical (unpaired) electrons. The van der Waals surface area contributed by atoms with Gasteiger partial charge in [0.05, 0.1) is 23.9 Å². The first kappa shape index (κ1) is 25.7. The number of nitrogens with one attached hydrogen (secondary N) is 1. The molecule has 1 aromatic heterocycles. The molecule has 1 N–H and O–H groups in total. The number of fused-ring (bicyclic) bond motifs is 1. The number of unbranched alkanes of at least 4 members (excludes halogenated alkanes) is 1. The van der Waals surface area contributed by atoms with Crippen LogP contribution in [0.5, 0.6) is 5.75 Å². The van der Waals surface area contributed by atoms with Crippen LogP contribution in [-0.2, 0) is 0 Å². The highest BCUT2D eigenvalue weighted by Gasteiger charge is 2.15. The van der Waals surface area contributed by atoms with Crippen LogP contribution in [0.15, 0.2) is 48.5 Å². The van der Waals surface area contributed by atoms with Crippen molar-refractivity contribution < 1.29 is 9.53 Å². The number of nitrogens with zero attached hydrogens (tertiary/aromatic N) is 2. The summed E-state index contributed by atoms with van der Waals surface area (Å²) in [6, 6.07) is 16.0. The molecule has 3 rings (SSSR count). The number of hydrogen-bond acceptors (Lipinski definition) is 4.